The molecular weight excluding hydrogens is 244 g/mol. The van der Waals surface area contributed by atoms with Crippen molar-refractivity contribution in [3.8, 4) is 0 Å². The van der Waals surface area contributed by atoms with Gasteiger partial charge >= 0.3 is 6.09 Å². The fraction of sp³-hybridized carbons (Fsp3) is 0.692. The van der Waals surface area contributed by atoms with Gasteiger partial charge in [-0.25, -0.2) is 9.78 Å². The summed E-state index contributed by atoms with van der Waals surface area (Å²) in [6.45, 7) is 8.34. The highest BCUT2D eigenvalue weighted by Crippen LogP contribution is 2.28. The molecule has 1 aromatic heterocycles. The number of likely N-dealkylation sites (tertiary alicyclic amines) is 1. The van der Waals surface area contributed by atoms with Gasteiger partial charge in [0.05, 0.1) is 6.33 Å². The van der Waals surface area contributed by atoms with Crippen LogP contribution in [0.25, 0.3) is 0 Å². The van der Waals surface area contributed by atoms with E-state index in [1.54, 1.807) is 11.2 Å². The van der Waals surface area contributed by atoms with Crippen molar-refractivity contribution < 1.29 is 9.53 Å². The molecule has 2 rings (SSSR count). The van der Waals surface area contributed by atoms with Gasteiger partial charge in [-0.15, -0.1) is 0 Å². The second-order valence-electron chi connectivity index (χ2n) is 5.88. The predicted octanol–water partition coefficient (Wildman–Crippen LogP) is 1.18. The second kappa shape index (κ2) is 5.21. The Labute approximate surface area is 113 Å². The van der Waals surface area contributed by atoms with Gasteiger partial charge in [-0.05, 0) is 20.8 Å². The number of hydrogen-bond donors (Lipinski definition) is 1. The lowest BCUT2D eigenvalue weighted by atomic mass is 9.97. The molecule has 1 fully saturated rings. The normalized spacial score (nSPS) is 16.3. The van der Waals surface area contributed by atoms with Crippen LogP contribution in [0.15, 0.2) is 12.5 Å². The topological polar surface area (TPSA) is 73.4 Å². The number of carbonyl (C=O) groups excluding carboxylic acids is 1. The van der Waals surface area contributed by atoms with Gasteiger partial charge in [-0.2, -0.15) is 0 Å². The van der Waals surface area contributed by atoms with E-state index in [4.69, 9.17) is 10.5 Å². The molecule has 6 nitrogen and oxygen atoms in total. The van der Waals surface area contributed by atoms with Crippen LogP contribution in [0.3, 0.4) is 0 Å². The van der Waals surface area contributed by atoms with Gasteiger partial charge in [-0.3, -0.25) is 0 Å². The summed E-state index contributed by atoms with van der Waals surface area (Å²) in [7, 11) is 0. The summed E-state index contributed by atoms with van der Waals surface area (Å²) in [5.41, 5.74) is 6.26. The molecule has 0 spiro atoms. The van der Waals surface area contributed by atoms with Crippen LogP contribution in [0.4, 0.5) is 4.79 Å². The van der Waals surface area contributed by atoms with Crippen molar-refractivity contribution in [2.45, 2.75) is 38.8 Å². The number of hydrogen-bond acceptors (Lipinski definition) is 4. The number of nitrogens with zero attached hydrogens (tertiary/aromatic N) is 3. The van der Waals surface area contributed by atoms with Crippen molar-refractivity contribution in [3.05, 3.63) is 18.2 Å². The molecule has 6 heteroatoms. The van der Waals surface area contributed by atoms with Crippen molar-refractivity contribution in [1.29, 1.82) is 0 Å². The molecule has 0 atom stereocenters. The number of nitrogens with two attached hydrogens (primary N) is 1. The van der Waals surface area contributed by atoms with E-state index in [0.717, 1.165) is 12.2 Å². The minimum absolute atomic E-state index is 0.242. The van der Waals surface area contributed by atoms with Crippen LogP contribution in [0.2, 0.25) is 0 Å². The quantitative estimate of drug-likeness (QED) is 0.891. The Hall–Kier alpha value is -1.56. The largest absolute Gasteiger partial charge is 0.444 e. The summed E-state index contributed by atoms with van der Waals surface area (Å²) < 4.78 is 7.38. The van der Waals surface area contributed by atoms with E-state index >= 15 is 0 Å². The minimum Gasteiger partial charge on any atom is -0.444 e. The smallest absolute Gasteiger partial charge is 0.410 e. The summed E-state index contributed by atoms with van der Waals surface area (Å²) in [6.07, 6.45) is 3.40. The first-order valence-corrected chi connectivity index (χ1v) is 6.58. The van der Waals surface area contributed by atoms with E-state index < -0.39 is 5.60 Å². The van der Waals surface area contributed by atoms with E-state index in [1.165, 1.54) is 0 Å². The lowest BCUT2D eigenvalue weighted by molar-refractivity contribution is 0.00759. The molecule has 2 heterocycles. The summed E-state index contributed by atoms with van der Waals surface area (Å²) >= 11 is 0. The van der Waals surface area contributed by atoms with Crippen LogP contribution in [-0.2, 0) is 11.3 Å². The van der Waals surface area contributed by atoms with Crippen molar-refractivity contribution in [2.24, 2.45) is 5.73 Å². The van der Waals surface area contributed by atoms with Crippen LogP contribution < -0.4 is 5.73 Å². The molecule has 2 N–H and O–H groups in total. The van der Waals surface area contributed by atoms with Crippen molar-refractivity contribution in [2.75, 3.05) is 19.6 Å². The summed E-state index contributed by atoms with van der Waals surface area (Å²) in [4.78, 5) is 17.7. The number of amides is 1. The molecule has 0 saturated carbocycles. The molecule has 1 aromatic rings. The molecule has 1 aliphatic rings. The molecule has 0 unspecified atom stereocenters. The van der Waals surface area contributed by atoms with Gasteiger partial charge in [0.25, 0.3) is 0 Å². The number of imidazole rings is 1. The maximum absolute atomic E-state index is 11.8. The van der Waals surface area contributed by atoms with Crippen LogP contribution in [0.1, 0.15) is 32.4 Å². The highest BCUT2D eigenvalue weighted by Gasteiger charge is 2.35. The van der Waals surface area contributed by atoms with Crippen LogP contribution in [0.5, 0.6) is 0 Å². The third kappa shape index (κ3) is 3.26. The van der Waals surface area contributed by atoms with Crippen LogP contribution in [0, 0.1) is 0 Å². The van der Waals surface area contributed by atoms with Crippen molar-refractivity contribution >= 4 is 6.09 Å². The first-order chi connectivity index (χ1) is 8.90. The number of rotatable bonds is 3. The third-order valence-electron chi connectivity index (χ3n) is 3.07. The Kier molecular flexibility index (Phi) is 3.80. The van der Waals surface area contributed by atoms with E-state index in [1.807, 2.05) is 27.0 Å². The Morgan fingerprint density at radius 3 is 2.79 bits per heavy atom. The Bertz CT molecular complexity index is 444. The first-order valence-electron chi connectivity index (χ1n) is 6.58. The van der Waals surface area contributed by atoms with E-state index in [2.05, 4.69) is 9.55 Å². The zero-order valence-electron chi connectivity index (χ0n) is 11.8. The fourth-order valence-corrected chi connectivity index (χ4v) is 2.14. The van der Waals surface area contributed by atoms with Gasteiger partial charge in [0.2, 0.25) is 0 Å². The number of aromatic nitrogens is 2. The van der Waals surface area contributed by atoms with Gasteiger partial charge in [-0.1, -0.05) is 0 Å². The molecule has 0 aromatic carbocycles. The van der Waals surface area contributed by atoms with Crippen molar-refractivity contribution in [3.63, 3.8) is 0 Å². The molecule has 1 saturated heterocycles. The zero-order valence-corrected chi connectivity index (χ0v) is 11.8. The summed E-state index contributed by atoms with van der Waals surface area (Å²) in [5, 5.41) is 0. The monoisotopic (exact) mass is 266 g/mol. The van der Waals surface area contributed by atoms with E-state index in [0.29, 0.717) is 25.6 Å². The van der Waals surface area contributed by atoms with Gasteiger partial charge in [0, 0.05) is 44.0 Å². The van der Waals surface area contributed by atoms with Gasteiger partial charge < -0.3 is 19.9 Å². The zero-order chi connectivity index (χ0) is 14.0. The standard InChI is InChI=1S/C13H22N4O2/c1-13(2,3)19-12(18)17-7-10(8-17)11-6-15-9-16(11)5-4-14/h6,9-10H,4-5,7-8,14H2,1-3H3. The predicted molar refractivity (Wildman–Crippen MR) is 71.8 cm³/mol. The maximum Gasteiger partial charge on any atom is 0.410 e. The average Bonchev–Trinajstić information content (AvgIpc) is 2.62. The molecule has 0 aliphatic carbocycles. The first kappa shape index (κ1) is 13.9. The Morgan fingerprint density at radius 2 is 2.21 bits per heavy atom. The van der Waals surface area contributed by atoms with Crippen LogP contribution in [-0.4, -0.2) is 45.8 Å². The fourth-order valence-electron chi connectivity index (χ4n) is 2.14. The average molecular weight is 266 g/mol. The van der Waals surface area contributed by atoms with E-state index in [9.17, 15) is 4.79 Å². The maximum atomic E-state index is 11.8. The number of ether oxygens (including phenoxy) is 1. The Morgan fingerprint density at radius 1 is 1.53 bits per heavy atom. The van der Waals surface area contributed by atoms with Crippen molar-refractivity contribution in [1.82, 2.24) is 14.5 Å². The van der Waals surface area contributed by atoms with Crippen LogP contribution >= 0.6 is 0 Å². The highest BCUT2D eigenvalue weighted by molar-refractivity contribution is 5.69. The molecular formula is C13H22N4O2. The molecule has 106 valence electrons. The summed E-state index contributed by atoms with van der Waals surface area (Å²) in [6, 6.07) is 0. The lowest BCUT2D eigenvalue weighted by Crippen LogP contribution is -2.50. The SMILES string of the molecule is CC(C)(C)OC(=O)N1CC(c2cncn2CCN)C1. The summed E-state index contributed by atoms with van der Waals surface area (Å²) in [5.74, 6) is 0.335. The van der Waals surface area contributed by atoms with E-state index in [-0.39, 0.29) is 6.09 Å². The molecule has 0 radical (unpaired) electrons. The Balaban J connectivity index is 1.89. The van der Waals surface area contributed by atoms with Gasteiger partial charge in [0.15, 0.2) is 0 Å². The highest BCUT2D eigenvalue weighted by atomic mass is 16.6. The molecule has 0 bridgehead atoms. The van der Waals surface area contributed by atoms with Gasteiger partial charge in [0.1, 0.15) is 5.60 Å². The molecule has 1 amide bonds. The molecule has 1 aliphatic heterocycles. The molecule has 19 heavy (non-hydrogen) atoms. The minimum atomic E-state index is -0.441. The number of carbonyl (C=O) groups is 1. The third-order valence-corrected chi connectivity index (χ3v) is 3.07. The second-order valence-corrected chi connectivity index (χ2v) is 5.88. The lowest BCUT2D eigenvalue weighted by Gasteiger charge is -2.39.